The van der Waals surface area contributed by atoms with E-state index in [9.17, 15) is 0 Å². The van der Waals surface area contributed by atoms with Crippen LogP contribution in [0.15, 0.2) is 6.20 Å². The second-order valence-corrected chi connectivity index (χ2v) is 6.12. The molecule has 0 amide bonds. The minimum absolute atomic E-state index is 0.425. The van der Waals surface area contributed by atoms with Crippen molar-refractivity contribution in [3.63, 3.8) is 0 Å². The van der Waals surface area contributed by atoms with Crippen LogP contribution in [-0.2, 0) is 0 Å². The van der Waals surface area contributed by atoms with Gasteiger partial charge < -0.3 is 10.6 Å². The molecule has 3 rings (SSSR count). The van der Waals surface area contributed by atoms with Crippen molar-refractivity contribution in [2.24, 2.45) is 5.73 Å². The maximum absolute atomic E-state index is 5.85. The van der Waals surface area contributed by atoms with E-state index in [2.05, 4.69) is 29.9 Å². The van der Waals surface area contributed by atoms with E-state index in [0.717, 1.165) is 12.5 Å². The van der Waals surface area contributed by atoms with Crippen molar-refractivity contribution >= 4 is 5.95 Å². The molecule has 1 aromatic heterocycles. The van der Waals surface area contributed by atoms with Crippen molar-refractivity contribution in [2.75, 3.05) is 18.0 Å². The van der Waals surface area contributed by atoms with E-state index in [-0.39, 0.29) is 0 Å². The monoisotopic (exact) mass is 260 g/mol. The highest BCUT2D eigenvalue weighted by Gasteiger charge is 2.29. The molecular weight excluding hydrogens is 236 g/mol. The molecule has 1 saturated heterocycles. The Morgan fingerprint density at radius 1 is 1.26 bits per heavy atom. The highest BCUT2D eigenvalue weighted by Crippen LogP contribution is 2.37. The molecule has 1 aromatic rings. The average molecular weight is 260 g/mol. The molecule has 1 aliphatic heterocycles. The third-order valence-electron chi connectivity index (χ3n) is 4.77. The van der Waals surface area contributed by atoms with Gasteiger partial charge in [0.25, 0.3) is 0 Å². The molecule has 3 atom stereocenters. The van der Waals surface area contributed by atoms with Gasteiger partial charge in [0.15, 0.2) is 0 Å². The molecule has 2 aliphatic rings. The molecule has 19 heavy (non-hydrogen) atoms. The molecule has 1 fully saturated rings. The molecule has 4 nitrogen and oxygen atoms in total. The summed E-state index contributed by atoms with van der Waals surface area (Å²) in [5, 5.41) is 0. The summed E-state index contributed by atoms with van der Waals surface area (Å²) in [5.74, 6) is 2.06. The van der Waals surface area contributed by atoms with Crippen LogP contribution in [0, 0.1) is 0 Å². The first-order valence-corrected chi connectivity index (χ1v) is 7.54. The third-order valence-corrected chi connectivity index (χ3v) is 4.77. The molecule has 3 unspecified atom stereocenters. The van der Waals surface area contributed by atoms with Gasteiger partial charge in [0, 0.05) is 25.3 Å². The zero-order valence-electron chi connectivity index (χ0n) is 12.0. The summed E-state index contributed by atoms with van der Waals surface area (Å²) >= 11 is 0. The number of hydrogen-bond donors (Lipinski definition) is 1. The summed E-state index contributed by atoms with van der Waals surface area (Å²) in [4.78, 5) is 11.8. The molecule has 1 aliphatic carbocycles. The van der Waals surface area contributed by atoms with Gasteiger partial charge in [0.1, 0.15) is 0 Å². The van der Waals surface area contributed by atoms with E-state index in [1.165, 1.54) is 36.9 Å². The van der Waals surface area contributed by atoms with E-state index >= 15 is 0 Å². The molecular formula is C15H24N4. The average Bonchev–Trinajstić information content (AvgIpc) is 2.91. The lowest BCUT2D eigenvalue weighted by atomic mass is 9.82. The maximum atomic E-state index is 5.85. The number of aromatic nitrogens is 2. The minimum Gasteiger partial charge on any atom is -0.337 e. The summed E-state index contributed by atoms with van der Waals surface area (Å²) in [5.41, 5.74) is 8.47. The molecule has 4 heteroatoms. The zero-order chi connectivity index (χ0) is 13.4. The van der Waals surface area contributed by atoms with Gasteiger partial charge in [0.05, 0.1) is 5.69 Å². The number of rotatable bonds is 2. The first-order chi connectivity index (χ1) is 9.20. The zero-order valence-corrected chi connectivity index (χ0v) is 12.0. The Bertz CT molecular complexity index is 459. The van der Waals surface area contributed by atoms with Crippen LogP contribution in [0.2, 0.25) is 0 Å². The predicted octanol–water partition coefficient (Wildman–Crippen LogP) is 2.40. The largest absolute Gasteiger partial charge is 0.337 e. The standard InChI is InChI=1S/C15H24N4/c1-10-5-6-11(2)14-13(10)9-17-15(18-14)19-7-3-4-12(19)8-16/h9-12H,3-8,16H2,1-2H3. The second-order valence-electron chi connectivity index (χ2n) is 6.12. The lowest BCUT2D eigenvalue weighted by Gasteiger charge is -2.29. The van der Waals surface area contributed by atoms with Crippen LogP contribution in [0.3, 0.4) is 0 Å². The molecule has 2 N–H and O–H groups in total. The molecule has 0 spiro atoms. The molecule has 0 radical (unpaired) electrons. The number of nitrogens with zero attached hydrogens (tertiary/aromatic N) is 3. The lowest BCUT2D eigenvalue weighted by molar-refractivity contribution is 0.510. The van der Waals surface area contributed by atoms with E-state index in [4.69, 9.17) is 10.7 Å². The van der Waals surface area contributed by atoms with E-state index in [0.29, 0.717) is 24.4 Å². The molecule has 0 aromatic carbocycles. The maximum Gasteiger partial charge on any atom is 0.225 e. The Morgan fingerprint density at radius 3 is 2.84 bits per heavy atom. The van der Waals surface area contributed by atoms with Crippen molar-refractivity contribution in [3.8, 4) is 0 Å². The van der Waals surface area contributed by atoms with Crippen molar-refractivity contribution in [3.05, 3.63) is 17.5 Å². The summed E-state index contributed by atoms with van der Waals surface area (Å²) < 4.78 is 0. The highest BCUT2D eigenvalue weighted by atomic mass is 15.3. The van der Waals surface area contributed by atoms with Gasteiger partial charge in [-0.25, -0.2) is 9.97 Å². The summed E-state index contributed by atoms with van der Waals surface area (Å²) in [6.07, 6.45) is 6.93. The van der Waals surface area contributed by atoms with Gasteiger partial charge in [-0.2, -0.15) is 0 Å². The van der Waals surface area contributed by atoms with Gasteiger partial charge in [-0.3, -0.25) is 0 Å². The summed E-state index contributed by atoms with van der Waals surface area (Å²) in [6, 6.07) is 0.425. The van der Waals surface area contributed by atoms with Crippen LogP contribution in [0.4, 0.5) is 5.95 Å². The van der Waals surface area contributed by atoms with E-state index in [1.54, 1.807) is 0 Å². The minimum atomic E-state index is 0.425. The number of hydrogen-bond acceptors (Lipinski definition) is 4. The summed E-state index contributed by atoms with van der Waals surface area (Å²) in [7, 11) is 0. The molecule has 104 valence electrons. The summed E-state index contributed by atoms with van der Waals surface area (Å²) in [6.45, 7) is 6.31. The van der Waals surface area contributed by atoms with Crippen LogP contribution in [0.5, 0.6) is 0 Å². The van der Waals surface area contributed by atoms with Gasteiger partial charge in [-0.15, -0.1) is 0 Å². The Labute approximate surface area is 115 Å². The Hall–Kier alpha value is -1.16. The lowest BCUT2D eigenvalue weighted by Crippen LogP contribution is -2.36. The van der Waals surface area contributed by atoms with E-state index < -0.39 is 0 Å². The van der Waals surface area contributed by atoms with Gasteiger partial charge in [-0.05, 0) is 43.1 Å². The Kier molecular flexibility index (Phi) is 3.44. The van der Waals surface area contributed by atoms with Crippen LogP contribution in [-0.4, -0.2) is 29.1 Å². The SMILES string of the molecule is CC1CCC(C)c2nc(N3CCCC3CN)ncc21. The van der Waals surface area contributed by atoms with Crippen molar-refractivity contribution in [1.82, 2.24) is 9.97 Å². The smallest absolute Gasteiger partial charge is 0.225 e. The number of anilines is 1. The highest BCUT2D eigenvalue weighted by molar-refractivity contribution is 5.39. The van der Waals surface area contributed by atoms with Crippen LogP contribution in [0.25, 0.3) is 0 Å². The fourth-order valence-electron chi connectivity index (χ4n) is 3.44. The van der Waals surface area contributed by atoms with Crippen molar-refractivity contribution in [2.45, 2.75) is 57.4 Å². The van der Waals surface area contributed by atoms with Gasteiger partial charge in [0.2, 0.25) is 5.95 Å². The quantitative estimate of drug-likeness (QED) is 0.887. The molecule has 0 bridgehead atoms. The van der Waals surface area contributed by atoms with E-state index in [1.807, 2.05) is 0 Å². The van der Waals surface area contributed by atoms with Gasteiger partial charge in [-0.1, -0.05) is 13.8 Å². The fourth-order valence-corrected chi connectivity index (χ4v) is 3.44. The second kappa shape index (κ2) is 5.08. The molecule has 0 saturated carbocycles. The van der Waals surface area contributed by atoms with Crippen LogP contribution >= 0.6 is 0 Å². The topological polar surface area (TPSA) is 55.0 Å². The third kappa shape index (κ3) is 2.22. The number of nitrogens with two attached hydrogens (primary N) is 1. The fraction of sp³-hybridized carbons (Fsp3) is 0.733. The van der Waals surface area contributed by atoms with Crippen molar-refractivity contribution in [1.29, 1.82) is 0 Å². The Balaban J connectivity index is 1.94. The first kappa shape index (κ1) is 12.9. The van der Waals surface area contributed by atoms with Crippen LogP contribution < -0.4 is 10.6 Å². The molecule has 2 heterocycles. The Morgan fingerprint density at radius 2 is 2.05 bits per heavy atom. The predicted molar refractivity (Wildman–Crippen MR) is 77.5 cm³/mol. The van der Waals surface area contributed by atoms with Crippen LogP contribution in [0.1, 0.15) is 62.6 Å². The first-order valence-electron chi connectivity index (χ1n) is 7.54. The normalized spacial score (nSPS) is 30.5. The van der Waals surface area contributed by atoms with Gasteiger partial charge >= 0.3 is 0 Å². The number of fused-ring (bicyclic) bond motifs is 1. The van der Waals surface area contributed by atoms with Crippen molar-refractivity contribution < 1.29 is 0 Å².